The van der Waals surface area contributed by atoms with E-state index in [1.54, 1.807) is 18.2 Å². The van der Waals surface area contributed by atoms with Crippen LogP contribution >= 0.6 is 11.6 Å². The number of nitrogens with one attached hydrogen (secondary N) is 1. The van der Waals surface area contributed by atoms with Gasteiger partial charge in [0.2, 0.25) is 11.7 Å². The molecule has 240 valence electrons. The Morgan fingerprint density at radius 1 is 1.04 bits per heavy atom. The van der Waals surface area contributed by atoms with E-state index in [0.29, 0.717) is 65.0 Å². The summed E-state index contributed by atoms with van der Waals surface area (Å²) < 4.78 is 67.4. The van der Waals surface area contributed by atoms with Crippen LogP contribution in [0.1, 0.15) is 42.2 Å². The fourth-order valence-corrected chi connectivity index (χ4v) is 5.85. The van der Waals surface area contributed by atoms with Crippen molar-refractivity contribution < 1.29 is 27.0 Å². The van der Waals surface area contributed by atoms with Gasteiger partial charge in [-0.15, -0.1) is 10.2 Å². The number of H-pyrrole nitrogens is 1. The van der Waals surface area contributed by atoms with Gasteiger partial charge in [0, 0.05) is 54.7 Å². The number of aromatic amines is 1. The lowest BCUT2D eigenvalue weighted by molar-refractivity contribution is -0.144. The molecule has 0 amide bonds. The van der Waals surface area contributed by atoms with Crippen LogP contribution in [0, 0.1) is 5.82 Å². The van der Waals surface area contributed by atoms with Crippen molar-refractivity contribution in [2.45, 2.75) is 57.2 Å². The number of piperidine rings is 1. The molecule has 0 saturated carbocycles. The van der Waals surface area contributed by atoms with Gasteiger partial charge >= 0.3 is 6.18 Å². The number of nitrogens with zero attached hydrogens (tertiary/aromatic N) is 7. The standard InChI is InChI=1S/C31H29ClF4N8O2/c32-20-5-4-18(24(33)14-20)12-21-2-1-3-27(38-21)46-22-6-9-43(10-7-22)17-26-39-25-13-19(28-40-30(42-41-28)31(34,35)36)15-37-29(25)44(26)16-23-8-11-45-23/h1-5,13-15,22-23H,6-12,16-17H2,(H,40,41,42)/t23-/m0/s1. The zero-order valence-corrected chi connectivity index (χ0v) is 25.2. The second-order valence-electron chi connectivity index (χ2n) is 11.5. The number of hydrogen-bond donors (Lipinski definition) is 1. The quantitative estimate of drug-likeness (QED) is 0.197. The number of hydrogen-bond acceptors (Lipinski definition) is 8. The van der Waals surface area contributed by atoms with Crippen LogP contribution in [0.25, 0.3) is 22.6 Å². The molecule has 1 atom stereocenters. The number of alkyl halides is 3. The minimum atomic E-state index is -4.63. The maximum Gasteiger partial charge on any atom is 0.451 e. The second kappa shape index (κ2) is 12.6. The Balaban J connectivity index is 1.02. The maximum absolute atomic E-state index is 14.3. The molecule has 0 unspecified atom stereocenters. The average molecular weight is 657 g/mol. The number of benzene rings is 1. The normalized spacial score (nSPS) is 17.8. The van der Waals surface area contributed by atoms with Gasteiger partial charge < -0.3 is 19.0 Å². The molecule has 46 heavy (non-hydrogen) atoms. The lowest BCUT2D eigenvalue weighted by Crippen LogP contribution is -2.39. The van der Waals surface area contributed by atoms with Crippen molar-refractivity contribution in [2.75, 3.05) is 19.7 Å². The topological polar surface area (TPSA) is 107 Å². The number of rotatable bonds is 9. The van der Waals surface area contributed by atoms with E-state index in [-0.39, 0.29) is 23.8 Å². The first-order valence-corrected chi connectivity index (χ1v) is 15.3. The Morgan fingerprint density at radius 2 is 1.87 bits per heavy atom. The zero-order valence-electron chi connectivity index (χ0n) is 24.5. The summed E-state index contributed by atoms with van der Waals surface area (Å²) >= 11 is 5.88. The molecule has 10 nitrogen and oxygen atoms in total. The summed E-state index contributed by atoms with van der Waals surface area (Å²) in [6.07, 6.45) is -0.307. The summed E-state index contributed by atoms with van der Waals surface area (Å²) in [5.41, 5.74) is 2.76. The molecule has 1 aromatic carbocycles. The number of likely N-dealkylation sites (tertiary alicyclic amines) is 1. The molecule has 7 rings (SSSR count). The van der Waals surface area contributed by atoms with E-state index in [4.69, 9.17) is 26.1 Å². The van der Waals surface area contributed by atoms with Gasteiger partial charge in [-0.1, -0.05) is 23.7 Å². The summed E-state index contributed by atoms with van der Waals surface area (Å²) in [5.74, 6) is -0.262. The summed E-state index contributed by atoms with van der Waals surface area (Å²) in [4.78, 5) is 18.5. The van der Waals surface area contributed by atoms with Gasteiger partial charge in [0.25, 0.3) is 0 Å². The third-order valence-electron chi connectivity index (χ3n) is 8.23. The molecule has 2 aliphatic heterocycles. The molecular weight excluding hydrogens is 628 g/mol. The highest BCUT2D eigenvalue weighted by molar-refractivity contribution is 6.30. The molecule has 0 spiro atoms. The summed E-state index contributed by atoms with van der Waals surface area (Å²) in [6, 6.07) is 11.8. The van der Waals surface area contributed by atoms with E-state index in [2.05, 4.69) is 30.0 Å². The van der Waals surface area contributed by atoms with E-state index in [1.807, 2.05) is 22.8 Å². The highest BCUT2D eigenvalue weighted by Gasteiger charge is 2.35. The van der Waals surface area contributed by atoms with Crippen LogP contribution in [0.4, 0.5) is 17.6 Å². The number of ether oxygens (including phenoxy) is 2. The number of aromatic nitrogens is 7. The first-order chi connectivity index (χ1) is 22.2. The van der Waals surface area contributed by atoms with E-state index >= 15 is 0 Å². The Hall–Kier alpha value is -4.14. The van der Waals surface area contributed by atoms with E-state index < -0.39 is 12.0 Å². The highest BCUT2D eigenvalue weighted by Crippen LogP contribution is 2.29. The molecule has 5 aromatic rings. The Labute approximate surface area is 265 Å². The van der Waals surface area contributed by atoms with Crippen LogP contribution in [0.2, 0.25) is 5.02 Å². The zero-order chi connectivity index (χ0) is 31.8. The number of halogens is 5. The number of imidazole rings is 1. The van der Waals surface area contributed by atoms with Gasteiger partial charge in [-0.25, -0.2) is 19.3 Å². The average Bonchev–Trinajstić information content (AvgIpc) is 3.63. The molecule has 1 N–H and O–H groups in total. The largest absolute Gasteiger partial charge is 0.474 e. The predicted octanol–water partition coefficient (Wildman–Crippen LogP) is 5.85. The smallest absolute Gasteiger partial charge is 0.451 e. The van der Waals surface area contributed by atoms with Crippen LogP contribution < -0.4 is 4.74 Å². The Bertz CT molecular complexity index is 1850. The molecule has 0 radical (unpaired) electrons. The molecular formula is C31H29ClF4N8O2. The molecule has 2 fully saturated rings. The predicted molar refractivity (Wildman–Crippen MR) is 160 cm³/mol. The van der Waals surface area contributed by atoms with Crippen molar-refractivity contribution >= 4 is 22.8 Å². The third-order valence-corrected chi connectivity index (χ3v) is 8.46. The van der Waals surface area contributed by atoms with Gasteiger partial charge in [-0.05, 0) is 49.1 Å². The fraction of sp³-hybridized carbons (Fsp3) is 0.387. The van der Waals surface area contributed by atoms with Crippen molar-refractivity contribution in [2.24, 2.45) is 0 Å². The van der Waals surface area contributed by atoms with Crippen molar-refractivity contribution in [1.29, 1.82) is 0 Å². The summed E-state index contributed by atoms with van der Waals surface area (Å²) in [7, 11) is 0. The van der Waals surface area contributed by atoms with Crippen LogP contribution in [0.15, 0.2) is 48.7 Å². The van der Waals surface area contributed by atoms with Gasteiger partial charge in [-0.3, -0.25) is 4.90 Å². The van der Waals surface area contributed by atoms with Crippen LogP contribution in [0.3, 0.4) is 0 Å². The third kappa shape index (κ3) is 6.69. The number of pyridine rings is 2. The summed E-state index contributed by atoms with van der Waals surface area (Å²) in [5, 5.41) is 7.23. The summed E-state index contributed by atoms with van der Waals surface area (Å²) in [6.45, 7) is 3.38. The molecule has 15 heteroatoms. The maximum atomic E-state index is 14.3. The Morgan fingerprint density at radius 3 is 2.59 bits per heavy atom. The van der Waals surface area contributed by atoms with Crippen molar-refractivity contribution in [1.82, 2.24) is 39.6 Å². The van der Waals surface area contributed by atoms with Crippen molar-refractivity contribution in [3.05, 3.63) is 82.4 Å². The monoisotopic (exact) mass is 656 g/mol. The Kier molecular flexibility index (Phi) is 8.34. The first kappa shape index (κ1) is 30.5. The molecule has 2 aliphatic rings. The lowest BCUT2D eigenvalue weighted by Gasteiger charge is -2.32. The van der Waals surface area contributed by atoms with Crippen molar-refractivity contribution in [3.8, 4) is 17.3 Å². The molecule has 4 aromatic heterocycles. The molecule has 0 bridgehead atoms. The van der Waals surface area contributed by atoms with Gasteiger partial charge in [0.1, 0.15) is 23.3 Å². The molecule has 2 saturated heterocycles. The van der Waals surface area contributed by atoms with Crippen molar-refractivity contribution in [3.63, 3.8) is 0 Å². The highest BCUT2D eigenvalue weighted by atomic mass is 35.5. The van der Waals surface area contributed by atoms with Gasteiger partial charge in [0.15, 0.2) is 11.5 Å². The van der Waals surface area contributed by atoms with E-state index in [9.17, 15) is 17.6 Å². The molecule has 0 aliphatic carbocycles. The van der Waals surface area contributed by atoms with Crippen LogP contribution in [-0.2, 0) is 30.4 Å². The minimum Gasteiger partial charge on any atom is -0.474 e. The SMILES string of the molecule is Fc1cc(Cl)ccc1Cc1cccc(OC2CCN(Cc3nc4cc(-c5nnc(C(F)(F)F)[nH]5)cnc4n3C[C@@H]3CCO3)CC2)n1. The van der Waals surface area contributed by atoms with E-state index in [1.165, 1.54) is 12.3 Å². The second-order valence-corrected chi connectivity index (χ2v) is 11.9. The fourth-order valence-electron chi connectivity index (χ4n) is 5.69. The minimum absolute atomic E-state index is 0.0267. The number of fused-ring (bicyclic) bond motifs is 1. The first-order valence-electron chi connectivity index (χ1n) is 14.9. The van der Waals surface area contributed by atoms with Crippen LogP contribution in [0.5, 0.6) is 5.88 Å². The molecule has 6 heterocycles. The van der Waals surface area contributed by atoms with Gasteiger partial charge in [0.05, 0.1) is 19.2 Å². The van der Waals surface area contributed by atoms with Gasteiger partial charge in [-0.2, -0.15) is 13.2 Å². The van der Waals surface area contributed by atoms with Crippen LogP contribution in [-0.4, -0.2) is 71.5 Å². The van der Waals surface area contributed by atoms with E-state index in [0.717, 1.165) is 38.2 Å². The lowest BCUT2D eigenvalue weighted by atomic mass is 10.1.